The molecule has 6 heteroatoms. The molecule has 0 saturated heterocycles. The Balaban J connectivity index is 3.46. The first-order valence-corrected chi connectivity index (χ1v) is 9.45. The molecule has 0 saturated carbocycles. The molecule has 1 aromatic rings. The van der Waals surface area contributed by atoms with Crippen molar-refractivity contribution in [3.8, 4) is 5.75 Å². The molecule has 2 N–H and O–H groups in total. The first-order valence-electron chi connectivity index (χ1n) is 7.69. The Kier molecular flexibility index (Phi) is 5.75. The molecule has 5 nitrogen and oxygen atoms in total. The van der Waals surface area contributed by atoms with E-state index >= 15 is 0 Å². The number of benzene rings is 1. The Bertz CT molecular complexity index is 612. The van der Waals surface area contributed by atoms with Gasteiger partial charge >= 0.3 is 7.60 Å². The van der Waals surface area contributed by atoms with Crippen LogP contribution < -0.4 is 0 Å². The lowest BCUT2D eigenvalue weighted by atomic mass is 9.79. The second-order valence-corrected chi connectivity index (χ2v) is 9.97. The summed E-state index contributed by atoms with van der Waals surface area (Å²) in [5, 5.41) is 11.6. The Hall–Kier alpha value is -0.870. The summed E-state index contributed by atoms with van der Waals surface area (Å²) in [5.74, 6) is 0.215. The minimum Gasteiger partial charge on any atom is -0.508 e. The van der Waals surface area contributed by atoms with Crippen molar-refractivity contribution in [2.75, 3.05) is 14.1 Å². The van der Waals surface area contributed by atoms with Crippen molar-refractivity contribution in [1.82, 2.24) is 5.06 Å². The van der Waals surface area contributed by atoms with Crippen LogP contribution in [0.3, 0.4) is 0 Å². The van der Waals surface area contributed by atoms with Gasteiger partial charge in [0.05, 0.1) is 6.16 Å². The lowest BCUT2D eigenvalue weighted by Crippen LogP contribution is -2.19. The number of phenols is 1. The maximum atomic E-state index is 12.3. The van der Waals surface area contributed by atoms with E-state index in [1.165, 1.54) is 5.06 Å². The number of hydrogen-bond donors (Lipinski definition) is 2. The van der Waals surface area contributed by atoms with E-state index in [1.54, 1.807) is 20.2 Å². The summed E-state index contributed by atoms with van der Waals surface area (Å²) in [7, 11) is -0.661. The molecule has 0 aromatic heterocycles. The monoisotopic (exact) mass is 343 g/mol. The molecule has 0 bridgehead atoms. The fraction of sp³-hybridized carbons (Fsp3) is 0.647. The van der Waals surface area contributed by atoms with Gasteiger partial charge in [-0.15, -0.1) is 0 Å². The quantitative estimate of drug-likeness (QED) is 0.634. The smallest absolute Gasteiger partial charge is 0.348 e. The summed E-state index contributed by atoms with van der Waals surface area (Å²) >= 11 is 0. The number of nitrogens with zero attached hydrogens (tertiary/aromatic N) is 1. The minimum atomic E-state index is -3.81. The maximum absolute atomic E-state index is 12.3. The Morgan fingerprint density at radius 2 is 1.52 bits per heavy atom. The third-order valence-corrected chi connectivity index (χ3v) is 4.82. The highest BCUT2D eigenvalue weighted by atomic mass is 31.2. The average Bonchev–Trinajstić information content (AvgIpc) is 2.25. The van der Waals surface area contributed by atoms with Gasteiger partial charge in [0, 0.05) is 14.1 Å². The molecule has 0 aliphatic carbocycles. The zero-order valence-electron chi connectivity index (χ0n) is 15.5. The van der Waals surface area contributed by atoms with E-state index in [0.717, 1.165) is 16.7 Å². The van der Waals surface area contributed by atoms with E-state index in [4.69, 9.17) is 4.62 Å². The fourth-order valence-electron chi connectivity index (χ4n) is 2.56. The Labute approximate surface area is 139 Å². The highest BCUT2D eigenvalue weighted by Gasteiger charge is 2.30. The molecule has 23 heavy (non-hydrogen) atoms. The summed E-state index contributed by atoms with van der Waals surface area (Å²) in [6.45, 7) is 12.0. The van der Waals surface area contributed by atoms with Crippen LogP contribution in [-0.2, 0) is 26.2 Å². The third-order valence-electron chi connectivity index (χ3n) is 3.50. The molecular weight excluding hydrogens is 313 g/mol. The van der Waals surface area contributed by atoms with Gasteiger partial charge in [-0.1, -0.05) is 47.6 Å². The summed E-state index contributed by atoms with van der Waals surface area (Å²) in [6.07, 6.45) is -0.0961. The summed E-state index contributed by atoms with van der Waals surface area (Å²) < 4.78 is 17.4. The van der Waals surface area contributed by atoms with Crippen LogP contribution in [0.5, 0.6) is 5.75 Å². The molecular formula is C17H30NO4P. The second kappa shape index (κ2) is 6.56. The van der Waals surface area contributed by atoms with Crippen LogP contribution >= 0.6 is 7.60 Å². The Morgan fingerprint density at radius 3 is 1.91 bits per heavy atom. The number of hydroxylamine groups is 2. The van der Waals surface area contributed by atoms with Gasteiger partial charge in [0.25, 0.3) is 0 Å². The van der Waals surface area contributed by atoms with Crippen LogP contribution in [0.2, 0.25) is 0 Å². The lowest BCUT2D eigenvalue weighted by molar-refractivity contribution is -0.0150. The third kappa shape index (κ3) is 5.61. The Morgan fingerprint density at radius 1 is 1.04 bits per heavy atom. The average molecular weight is 343 g/mol. The zero-order chi connectivity index (χ0) is 18.2. The van der Waals surface area contributed by atoms with Gasteiger partial charge in [-0.25, -0.2) is 4.62 Å². The molecule has 0 radical (unpaired) electrons. The van der Waals surface area contributed by atoms with Gasteiger partial charge in [0.1, 0.15) is 5.75 Å². The van der Waals surface area contributed by atoms with E-state index in [0.29, 0.717) is 0 Å². The van der Waals surface area contributed by atoms with E-state index in [1.807, 2.05) is 47.6 Å². The second-order valence-electron chi connectivity index (χ2n) is 8.22. The highest BCUT2D eigenvalue weighted by molar-refractivity contribution is 7.51. The number of hydrogen-bond acceptors (Lipinski definition) is 4. The molecule has 132 valence electrons. The predicted molar refractivity (Wildman–Crippen MR) is 93.8 cm³/mol. The van der Waals surface area contributed by atoms with Crippen molar-refractivity contribution in [3.63, 3.8) is 0 Å². The van der Waals surface area contributed by atoms with E-state index < -0.39 is 7.60 Å². The van der Waals surface area contributed by atoms with Crippen molar-refractivity contribution >= 4 is 7.60 Å². The largest absolute Gasteiger partial charge is 0.508 e. The van der Waals surface area contributed by atoms with Gasteiger partial charge in [-0.05, 0) is 33.6 Å². The van der Waals surface area contributed by atoms with Gasteiger partial charge in [0.2, 0.25) is 0 Å². The van der Waals surface area contributed by atoms with Crippen LogP contribution in [0.15, 0.2) is 12.1 Å². The standard InChI is InChI=1S/C17H30NO4P/c1-16(2,3)13-10-15(19)14(17(4,5)6)9-12(13)11-23(20,21)22-18(7)8/h9-10,19H,11H2,1-8H3,(H,20,21). The van der Waals surface area contributed by atoms with Crippen LogP contribution in [0.25, 0.3) is 0 Å². The van der Waals surface area contributed by atoms with Gasteiger partial charge in [-0.2, -0.15) is 5.06 Å². The van der Waals surface area contributed by atoms with Crippen LogP contribution in [-0.4, -0.2) is 29.2 Å². The molecule has 1 atom stereocenters. The van der Waals surface area contributed by atoms with Crippen molar-refractivity contribution in [2.24, 2.45) is 0 Å². The van der Waals surface area contributed by atoms with Crippen molar-refractivity contribution in [2.45, 2.75) is 58.5 Å². The topological polar surface area (TPSA) is 70.0 Å². The number of phenolic OH excluding ortho intramolecular Hbond substituents is 1. The minimum absolute atomic E-state index is 0.0961. The molecule has 0 aliphatic heterocycles. The summed E-state index contributed by atoms with van der Waals surface area (Å²) in [5.41, 5.74) is 1.80. The van der Waals surface area contributed by atoms with Gasteiger partial charge < -0.3 is 10.00 Å². The van der Waals surface area contributed by atoms with Crippen molar-refractivity contribution in [1.29, 1.82) is 0 Å². The molecule has 0 fully saturated rings. The van der Waals surface area contributed by atoms with E-state index in [2.05, 4.69) is 0 Å². The molecule has 0 heterocycles. The van der Waals surface area contributed by atoms with Crippen LogP contribution in [0, 0.1) is 0 Å². The first-order chi connectivity index (χ1) is 10.1. The van der Waals surface area contributed by atoms with E-state index in [-0.39, 0.29) is 22.7 Å². The van der Waals surface area contributed by atoms with Crippen LogP contribution in [0.1, 0.15) is 58.2 Å². The molecule has 0 amide bonds. The van der Waals surface area contributed by atoms with Crippen LogP contribution in [0.4, 0.5) is 0 Å². The normalized spacial score (nSPS) is 15.7. The number of rotatable bonds is 4. The van der Waals surface area contributed by atoms with Crippen molar-refractivity contribution in [3.05, 3.63) is 28.8 Å². The van der Waals surface area contributed by atoms with Crippen molar-refractivity contribution < 1.29 is 19.2 Å². The molecule has 0 aliphatic rings. The highest BCUT2D eigenvalue weighted by Crippen LogP contribution is 2.49. The first kappa shape index (κ1) is 20.2. The van der Waals surface area contributed by atoms with E-state index in [9.17, 15) is 14.6 Å². The lowest BCUT2D eigenvalue weighted by Gasteiger charge is -2.28. The van der Waals surface area contributed by atoms with Gasteiger partial charge in [-0.3, -0.25) is 4.57 Å². The summed E-state index contributed by atoms with van der Waals surface area (Å²) in [6, 6.07) is 3.55. The summed E-state index contributed by atoms with van der Waals surface area (Å²) in [4.78, 5) is 10.1. The molecule has 1 aromatic carbocycles. The molecule has 1 unspecified atom stereocenters. The number of aromatic hydroxyl groups is 1. The van der Waals surface area contributed by atoms with Gasteiger partial charge in [0.15, 0.2) is 0 Å². The maximum Gasteiger partial charge on any atom is 0.348 e. The fourth-order valence-corrected chi connectivity index (χ4v) is 3.82. The molecule has 1 rings (SSSR count). The SMILES string of the molecule is CN(C)OP(=O)(O)Cc1cc(C(C)(C)C)c(O)cc1C(C)(C)C. The predicted octanol–water partition coefficient (Wildman–Crippen LogP) is 4.17. The molecule has 0 spiro atoms. The zero-order valence-corrected chi connectivity index (χ0v) is 16.4.